The second kappa shape index (κ2) is 25.2. The molecule has 0 radical (unpaired) electrons. The molecule has 3 aromatic rings. The summed E-state index contributed by atoms with van der Waals surface area (Å²) < 4.78 is 23.0. The number of phenolic OH excluding ortho intramolecular Hbond substituents is 4. The Morgan fingerprint density at radius 2 is 0.892 bits per heavy atom. The van der Waals surface area contributed by atoms with E-state index in [-0.39, 0.29) is 118 Å². The second-order valence-electron chi connectivity index (χ2n) is 27.7. The standard InChI is InChI=1S/2C23H32O5.C20H26O5.C2H6/c1-6-9-27-20(26)13-22(2,3)14-10-18(25)21-16-12-15(24)7-8-17(16)23(4,5)28-19(21)11-14;1-6-7-28-20(27)12-22(2,3)13-8-18(25)21(19(26)9-13)14-10-17(24)16-11-15(14)23(16,4)5;1-19(2,10-17(23)24)11-7-15(22)18-13-9-12(21)5-6-14(13)20(3,4)25-16(18)8-11;1-2/h10-11,16-17,25H,6-9,12-13H2,1-5H3;8-9,14-16,25-26H,6-7,10-12H2,1-5H3;7-8,13-14,22H,5-6,9-10H2,1-4H3,(H,23,24);1-2H3/t16-,17-;14-,15-,16+;13-,14-;/m111./s1. The molecule has 3 aromatic carbocycles. The van der Waals surface area contributed by atoms with Gasteiger partial charge in [-0.25, -0.2) is 0 Å². The molecule has 2 aliphatic heterocycles. The normalized spacial score (nSPS) is 24.2. The van der Waals surface area contributed by atoms with Gasteiger partial charge in [0.1, 0.15) is 63.0 Å². The molecule has 2 heterocycles. The van der Waals surface area contributed by atoms with Gasteiger partial charge in [0.05, 0.1) is 32.5 Å². The number of rotatable bonds is 14. The van der Waals surface area contributed by atoms with Crippen LogP contribution >= 0.6 is 0 Å². The van der Waals surface area contributed by atoms with E-state index in [1.165, 1.54) is 0 Å². The lowest BCUT2D eigenvalue weighted by Gasteiger charge is -2.59. The number of Topliss-reactive ketones (excluding diaryl/α,β-unsaturated/α-hetero) is 3. The van der Waals surface area contributed by atoms with Gasteiger partial charge in [-0.05, 0) is 124 Å². The van der Waals surface area contributed by atoms with Gasteiger partial charge < -0.3 is 44.5 Å². The molecule has 458 valence electrons. The van der Waals surface area contributed by atoms with E-state index >= 15 is 0 Å². The largest absolute Gasteiger partial charge is 0.508 e. The summed E-state index contributed by atoms with van der Waals surface area (Å²) in [5, 5.41) is 52.2. The molecule has 83 heavy (non-hydrogen) atoms. The van der Waals surface area contributed by atoms with Crippen molar-refractivity contribution >= 4 is 35.3 Å². The Morgan fingerprint density at radius 1 is 0.542 bits per heavy atom. The summed E-state index contributed by atoms with van der Waals surface area (Å²) in [6.07, 6.45) is 6.65. The van der Waals surface area contributed by atoms with Gasteiger partial charge in [0.25, 0.3) is 0 Å². The molecular weight excluding hydrogens is 1060 g/mol. The summed E-state index contributed by atoms with van der Waals surface area (Å²) in [5.41, 5.74) is 1.46. The average Bonchev–Trinajstić information content (AvgIpc) is 3.21. The van der Waals surface area contributed by atoms with Crippen molar-refractivity contribution in [2.75, 3.05) is 13.2 Å². The Bertz CT molecular complexity index is 2900. The SMILES string of the molecule is CC.CC(C)(CC(=O)O)c1cc(O)c2c(c1)OC(C)(C)[C@@H]1CCC(=O)C[C@@H]21.CCCOC(=O)CC(C)(C)c1cc(O)c([C@@H]2CC(=O)[C@@H]3C[C@H]2C3(C)C)c(O)c1.CCCOC(=O)CC(C)(C)c1cc(O)c2c(c1)OC(C)(C)[C@@H]1CCC(=O)C[C@@H]21. The number of esters is 2. The zero-order chi connectivity index (χ0) is 62.1. The predicted octanol–water partition coefficient (Wildman–Crippen LogP) is 13.9. The minimum atomic E-state index is -0.888. The van der Waals surface area contributed by atoms with E-state index in [1.807, 2.05) is 95.2 Å². The fraction of sp³-hybridized carbons (Fsp3) is 0.647. The number of aromatic hydroxyl groups is 4. The van der Waals surface area contributed by atoms with Crippen LogP contribution in [-0.2, 0) is 54.5 Å². The van der Waals surface area contributed by atoms with Gasteiger partial charge >= 0.3 is 17.9 Å². The summed E-state index contributed by atoms with van der Waals surface area (Å²) in [6, 6.07) is 10.4. The van der Waals surface area contributed by atoms with Crippen LogP contribution in [-0.4, -0.2) is 85.2 Å². The number of carbonyl (C=O) groups is 6. The zero-order valence-electron chi connectivity index (χ0n) is 52.4. The number of hydrogen-bond donors (Lipinski definition) is 5. The lowest BCUT2D eigenvalue weighted by atomic mass is 9.44. The number of ketones is 3. The van der Waals surface area contributed by atoms with Crippen molar-refractivity contribution in [2.24, 2.45) is 29.1 Å². The zero-order valence-corrected chi connectivity index (χ0v) is 52.4. The molecule has 0 saturated heterocycles. The van der Waals surface area contributed by atoms with Crippen LogP contribution in [0.2, 0.25) is 0 Å². The molecule has 15 heteroatoms. The van der Waals surface area contributed by atoms with E-state index in [9.17, 15) is 49.2 Å². The molecule has 0 unspecified atom stereocenters. The summed E-state index contributed by atoms with van der Waals surface area (Å²) in [4.78, 5) is 71.9. The van der Waals surface area contributed by atoms with Gasteiger partial charge in [0.15, 0.2) is 0 Å². The summed E-state index contributed by atoms with van der Waals surface area (Å²) >= 11 is 0. The van der Waals surface area contributed by atoms with Crippen molar-refractivity contribution < 1.29 is 73.2 Å². The van der Waals surface area contributed by atoms with E-state index in [4.69, 9.17) is 24.1 Å². The van der Waals surface area contributed by atoms with E-state index in [2.05, 4.69) is 27.7 Å². The summed E-state index contributed by atoms with van der Waals surface area (Å²) in [5.74, 6) is 1.25. The van der Waals surface area contributed by atoms with Gasteiger partial charge in [-0.15, -0.1) is 0 Å². The number of aliphatic carboxylic acids is 1. The lowest BCUT2D eigenvalue weighted by Crippen LogP contribution is -2.56. The van der Waals surface area contributed by atoms with Crippen molar-refractivity contribution in [3.63, 3.8) is 0 Å². The maximum atomic E-state index is 12.5. The monoisotopic (exact) mass is 1150 g/mol. The maximum absolute atomic E-state index is 12.5. The number of benzene rings is 3. The molecule has 0 amide bonds. The second-order valence-corrected chi connectivity index (χ2v) is 27.7. The molecule has 7 aliphatic rings. The number of hydrogen-bond acceptors (Lipinski definition) is 14. The molecular formula is C68H96O15. The lowest BCUT2D eigenvalue weighted by molar-refractivity contribution is -0.152. The number of ether oxygens (including phenoxy) is 4. The van der Waals surface area contributed by atoms with Crippen molar-refractivity contribution in [3.8, 4) is 34.5 Å². The smallest absolute Gasteiger partial charge is 0.306 e. The number of phenols is 4. The first-order valence-corrected chi connectivity index (χ1v) is 30.3. The van der Waals surface area contributed by atoms with Crippen LogP contribution < -0.4 is 9.47 Å². The van der Waals surface area contributed by atoms with E-state index in [0.717, 1.165) is 48.8 Å². The highest BCUT2D eigenvalue weighted by Crippen LogP contribution is 2.64. The topological polar surface area (TPSA) is 240 Å². The van der Waals surface area contributed by atoms with Crippen LogP contribution in [0.15, 0.2) is 36.4 Å². The third-order valence-electron chi connectivity index (χ3n) is 19.0. The Kier molecular flexibility index (Phi) is 20.1. The van der Waals surface area contributed by atoms with Crippen LogP contribution in [0.25, 0.3) is 0 Å². The van der Waals surface area contributed by atoms with Crippen LogP contribution in [0.3, 0.4) is 0 Å². The van der Waals surface area contributed by atoms with Crippen molar-refractivity contribution in [3.05, 3.63) is 69.8 Å². The Balaban J connectivity index is 0.000000197. The van der Waals surface area contributed by atoms with E-state index in [1.54, 1.807) is 24.3 Å². The first-order valence-electron chi connectivity index (χ1n) is 30.3. The molecule has 0 spiro atoms. The summed E-state index contributed by atoms with van der Waals surface area (Å²) in [6.45, 7) is 32.4. The quantitative estimate of drug-likeness (QED) is 0.0943. The van der Waals surface area contributed by atoms with Crippen LogP contribution in [0, 0.1) is 29.1 Å². The highest BCUT2D eigenvalue weighted by Gasteiger charge is 2.59. The summed E-state index contributed by atoms with van der Waals surface area (Å²) in [7, 11) is 0. The molecule has 5 aliphatic carbocycles. The Labute approximate surface area is 492 Å². The van der Waals surface area contributed by atoms with Gasteiger partial charge in [-0.2, -0.15) is 0 Å². The fourth-order valence-corrected chi connectivity index (χ4v) is 14.2. The number of carboxylic acid groups (broad SMARTS) is 1. The molecule has 7 atom stereocenters. The molecule has 10 rings (SSSR count). The van der Waals surface area contributed by atoms with Crippen LogP contribution in [0.4, 0.5) is 0 Å². The Hall–Kier alpha value is -6.12. The van der Waals surface area contributed by atoms with Gasteiger partial charge in [-0.1, -0.05) is 83.1 Å². The molecule has 2 bridgehead atoms. The van der Waals surface area contributed by atoms with Crippen molar-refractivity contribution in [2.45, 2.75) is 239 Å². The van der Waals surface area contributed by atoms with E-state index in [0.29, 0.717) is 73.5 Å². The van der Waals surface area contributed by atoms with E-state index < -0.39 is 33.4 Å². The average molecular weight is 1150 g/mol. The highest BCUT2D eigenvalue weighted by atomic mass is 16.5. The van der Waals surface area contributed by atoms with Crippen molar-refractivity contribution in [1.82, 2.24) is 0 Å². The highest BCUT2D eigenvalue weighted by molar-refractivity contribution is 5.86. The maximum Gasteiger partial charge on any atom is 0.306 e. The number of carbonyl (C=O) groups excluding carboxylic acids is 5. The number of fused-ring (bicyclic) bond motifs is 8. The Morgan fingerprint density at radius 3 is 1.24 bits per heavy atom. The minimum Gasteiger partial charge on any atom is -0.508 e. The first kappa shape index (κ1) is 66.0. The molecule has 5 saturated carbocycles. The van der Waals surface area contributed by atoms with Gasteiger partial charge in [0, 0.05) is 101 Å². The van der Waals surface area contributed by atoms with Crippen LogP contribution in [0.5, 0.6) is 34.5 Å². The van der Waals surface area contributed by atoms with Crippen LogP contribution in [0.1, 0.15) is 245 Å². The third-order valence-corrected chi connectivity index (χ3v) is 19.0. The molecule has 5 fully saturated rings. The van der Waals surface area contributed by atoms with Gasteiger partial charge in [0.2, 0.25) is 0 Å². The number of carboxylic acids is 1. The minimum absolute atomic E-state index is 0.00366. The molecule has 5 N–H and O–H groups in total. The van der Waals surface area contributed by atoms with Gasteiger partial charge in [-0.3, -0.25) is 28.8 Å². The molecule has 0 aromatic heterocycles. The first-order chi connectivity index (χ1) is 38.5. The third kappa shape index (κ3) is 14.2. The van der Waals surface area contributed by atoms with Crippen molar-refractivity contribution in [1.29, 1.82) is 0 Å². The predicted molar refractivity (Wildman–Crippen MR) is 318 cm³/mol. The molecule has 15 nitrogen and oxygen atoms in total. The fourth-order valence-electron chi connectivity index (χ4n) is 14.2.